The van der Waals surface area contributed by atoms with Crippen LogP contribution in [-0.4, -0.2) is 26.2 Å². The lowest BCUT2D eigenvalue weighted by Gasteiger charge is -2.07. The number of nitrogens with two attached hydrogens (primary N) is 1. The van der Waals surface area contributed by atoms with E-state index >= 15 is 0 Å². The van der Waals surface area contributed by atoms with Crippen molar-refractivity contribution in [3.05, 3.63) is 28.8 Å². The van der Waals surface area contributed by atoms with Crippen LogP contribution in [-0.2, 0) is 4.74 Å². The summed E-state index contributed by atoms with van der Waals surface area (Å²) >= 11 is 5.74. The maximum atomic E-state index is 11.7. The number of nitrogen functional groups attached to an aromatic ring is 1. The number of halogens is 1. The Balaban J connectivity index is 2.53. The van der Waals surface area contributed by atoms with Crippen LogP contribution < -0.4 is 11.1 Å². The Kier molecular flexibility index (Phi) is 5.08. The second kappa shape index (κ2) is 6.35. The van der Waals surface area contributed by atoms with Gasteiger partial charge in [-0.3, -0.25) is 4.79 Å². The molecule has 16 heavy (non-hydrogen) atoms. The second-order valence-electron chi connectivity index (χ2n) is 3.33. The van der Waals surface area contributed by atoms with Crippen LogP contribution >= 0.6 is 11.6 Å². The first-order valence-electron chi connectivity index (χ1n) is 4.97. The fourth-order valence-corrected chi connectivity index (χ4v) is 1.43. The van der Waals surface area contributed by atoms with E-state index in [9.17, 15) is 4.79 Å². The minimum absolute atomic E-state index is 0.190. The molecule has 0 saturated heterocycles. The van der Waals surface area contributed by atoms with Gasteiger partial charge in [0.05, 0.1) is 5.56 Å². The monoisotopic (exact) mass is 242 g/mol. The van der Waals surface area contributed by atoms with Crippen molar-refractivity contribution >= 4 is 23.2 Å². The highest BCUT2D eigenvalue weighted by atomic mass is 35.5. The van der Waals surface area contributed by atoms with Crippen molar-refractivity contribution < 1.29 is 9.53 Å². The van der Waals surface area contributed by atoms with E-state index in [0.29, 0.717) is 29.4 Å². The van der Waals surface area contributed by atoms with Gasteiger partial charge in [0.25, 0.3) is 5.91 Å². The van der Waals surface area contributed by atoms with Crippen molar-refractivity contribution in [2.45, 2.75) is 6.42 Å². The molecule has 5 heteroatoms. The van der Waals surface area contributed by atoms with Crippen LogP contribution in [0.25, 0.3) is 0 Å². The fourth-order valence-electron chi connectivity index (χ4n) is 1.25. The van der Waals surface area contributed by atoms with Gasteiger partial charge in [-0.1, -0.05) is 11.6 Å². The van der Waals surface area contributed by atoms with Crippen LogP contribution in [0.5, 0.6) is 0 Å². The summed E-state index contributed by atoms with van der Waals surface area (Å²) < 4.78 is 4.88. The van der Waals surface area contributed by atoms with Crippen molar-refractivity contribution in [3.8, 4) is 0 Å². The largest absolute Gasteiger partial charge is 0.398 e. The number of anilines is 1. The highest BCUT2D eigenvalue weighted by Gasteiger charge is 2.08. The van der Waals surface area contributed by atoms with Crippen LogP contribution in [0.15, 0.2) is 18.2 Å². The molecular weight excluding hydrogens is 228 g/mol. The van der Waals surface area contributed by atoms with Crippen LogP contribution in [0.3, 0.4) is 0 Å². The minimum atomic E-state index is -0.190. The van der Waals surface area contributed by atoms with Crippen molar-refractivity contribution in [2.24, 2.45) is 0 Å². The van der Waals surface area contributed by atoms with Gasteiger partial charge < -0.3 is 15.8 Å². The van der Waals surface area contributed by atoms with Gasteiger partial charge in [-0.15, -0.1) is 0 Å². The van der Waals surface area contributed by atoms with Gasteiger partial charge in [-0.25, -0.2) is 0 Å². The molecule has 0 radical (unpaired) electrons. The van der Waals surface area contributed by atoms with E-state index in [1.807, 2.05) is 0 Å². The Morgan fingerprint density at radius 2 is 2.31 bits per heavy atom. The number of hydrogen-bond acceptors (Lipinski definition) is 3. The van der Waals surface area contributed by atoms with Crippen LogP contribution in [0.2, 0.25) is 5.02 Å². The van der Waals surface area contributed by atoms with Crippen LogP contribution in [0.1, 0.15) is 16.8 Å². The maximum absolute atomic E-state index is 11.7. The third-order valence-corrected chi connectivity index (χ3v) is 2.30. The number of carbonyl (C=O) groups is 1. The number of hydrogen-bond donors (Lipinski definition) is 2. The first kappa shape index (κ1) is 12.8. The predicted molar refractivity (Wildman–Crippen MR) is 64.7 cm³/mol. The lowest BCUT2D eigenvalue weighted by molar-refractivity contribution is 0.0949. The smallest absolute Gasteiger partial charge is 0.253 e. The maximum Gasteiger partial charge on any atom is 0.253 e. The summed E-state index contributed by atoms with van der Waals surface area (Å²) in [5.41, 5.74) is 6.51. The molecule has 0 aliphatic rings. The van der Waals surface area contributed by atoms with Crippen molar-refractivity contribution in [1.29, 1.82) is 0 Å². The molecule has 0 fully saturated rings. The zero-order chi connectivity index (χ0) is 12.0. The Bertz CT molecular complexity index is 369. The number of benzene rings is 1. The van der Waals surface area contributed by atoms with Gasteiger partial charge in [0.2, 0.25) is 0 Å². The van der Waals surface area contributed by atoms with E-state index in [-0.39, 0.29) is 5.91 Å². The van der Waals surface area contributed by atoms with E-state index in [1.54, 1.807) is 25.3 Å². The van der Waals surface area contributed by atoms with Crippen LogP contribution in [0.4, 0.5) is 5.69 Å². The van der Waals surface area contributed by atoms with Gasteiger partial charge in [-0.05, 0) is 24.6 Å². The van der Waals surface area contributed by atoms with Crippen molar-refractivity contribution in [3.63, 3.8) is 0 Å². The molecule has 4 nitrogen and oxygen atoms in total. The summed E-state index contributed by atoms with van der Waals surface area (Å²) in [6.45, 7) is 1.19. The van der Waals surface area contributed by atoms with Gasteiger partial charge in [-0.2, -0.15) is 0 Å². The minimum Gasteiger partial charge on any atom is -0.398 e. The predicted octanol–water partition coefficient (Wildman–Crippen LogP) is 1.69. The van der Waals surface area contributed by atoms with Crippen molar-refractivity contribution in [2.75, 3.05) is 26.0 Å². The average Bonchev–Trinajstić information content (AvgIpc) is 2.24. The number of amides is 1. The quantitative estimate of drug-likeness (QED) is 0.610. The van der Waals surface area contributed by atoms with Gasteiger partial charge in [0.15, 0.2) is 0 Å². The molecule has 0 aliphatic carbocycles. The molecule has 0 saturated carbocycles. The number of rotatable bonds is 5. The molecule has 88 valence electrons. The Morgan fingerprint density at radius 3 is 2.94 bits per heavy atom. The molecule has 0 bridgehead atoms. The van der Waals surface area contributed by atoms with Gasteiger partial charge >= 0.3 is 0 Å². The zero-order valence-corrected chi connectivity index (χ0v) is 9.88. The number of carbonyl (C=O) groups excluding carboxylic acids is 1. The number of ether oxygens (including phenoxy) is 1. The van der Waals surface area contributed by atoms with E-state index in [1.165, 1.54) is 0 Å². The standard InChI is InChI=1S/C11H15ClN2O2/c1-16-6-2-5-14-11(15)9-4-3-8(12)7-10(9)13/h3-4,7H,2,5-6,13H2,1H3,(H,14,15). The first-order chi connectivity index (χ1) is 7.65. The highest BCUT2D eigenvalue weighted by Crippen LogP contribution is 2.17. The molecular formula is C11H15ClN2O2. The summed E-state index contributed by atoms with van der Waals surface area (Å²) in [4.78, 5) is 11.7. The van der Waals surface area contributed by atoms with Crippen molar-refractivity contribution in [1.82, 2.24) is 5.32 Å². The SMILES string of the molecule is COCCCNC(=O)c1ccc(Cl)cc1N. The summed E-state index contributed by atoms with van der Waals surface area (Å²) in [6, 6.07) is 4.82. The normalized spacial score (nSPS) is 10.1. The molecule has 0 aliphatic heterocycles. The highest BCUT2D eigenvalue weighted by molar-refractivity contribution is 6.31. The molecule has 3 N–H and O–H groups in total. The Hall–Kier alpha value is -1.26. The van der Waals surface area contributed by atoms with E-state index in [2.05, 4.69) is 5.32 Å². The summed E-state index contributed by atoms with van der Waals surface area (Å²) in [5, 5.41) is 3.27. The number of nitrogens with one attached hydrogen (secondary N) is 1. The average molecular weight is 243 g/mol. The molecule has 1 rings (SSSR count). The van der Waals surface area contributed by atoms with Gasteiger partial charge in [0, 0.05) is 31.0 Å². The third kappa shape index (κ3) is 3.72. The first-order valence-corrected chi connectivity index (χ1v) is 5.35. The van der Waals surface area contributed by atoms with Gasteiger partial charge in [0.1, 0.15) is 0 Å². The zero-order valence-electron chi connectivity index (χ0n) is 9.13. The molecule has 0 unspecified atom stereocenters. The van der Waals surface area contributed by atoms with E-state index in [0.717, 1.165) is 6.42 Å². The van der Waals surface area contributed by atoms with E-state index in [4.69, 9.17) is 22.1 Å². The summed E-state index contributed by atoms with van der Waals surface area (Å²) in [6.07, 6.45) is 0.774. The molecule has 1 aromatic rings. The second-order valence-corrected chi connectivity index (χ2v) is 3.77. The third-order valence-electron chi connectivity index (χ3n) is 2.07. The Morgan fingerprint density at radius 1 is 1.56 bits per heavy atom. The summed E-state index contributed by atoms with van der Waals surface area (Å²) in [7, 11) is 1.62. The summed E-state index contributed by atoms with van der Waals surface area (Å²) in [5.74, 6) is -0.190. The molecule has 0 heterocycles. The van der Waals surface area contributed by atoms with E-state index < -0.39 is 0 Å². The van der Waals surface area contributed by atoms with Crippen LogP contribution in [0, 0.1) is 0 Å². The molecule has 0 spiro atoms. The molecule has 0 aromatic heterocycles. The Labute approximate surface area is 99.7 Å². The lowest BCUT2D eigenvalue weighted by atomic mass is 10.1. The lowest BCUT2D eigenvalue weighted by Crippen LogP contribution is -2.26. The topological polar surface area (TPSA) is 64.3 Å². The number of methoxy groups -OCH3 is 1. The fraction of sp³-hybridized carbons (Fsp3) is 0.364. The molecule has 1 amide bonds. The molecule has 1 aromatic carbocycles. The molecule has 0 atom stereocenters.